The zero-order valence-corrected chi connectivity index (χ0v) is 22.9. The molecule has 40 heavy (non-hydrogen) atoms. The molecule has 0 aliphatic heterocycles. The average Bonchev–Trinajstić information content (AvgIpc) is 3.58. The Morgan fingerprint density at radius 1 is 1.05 bits per heavy atom. The molecule has 0 saturated heterocycles. The smallest absolute Gasteiger partial charge is 0.337 e. The van der Waals surface area contributed by atoms with E-state index in [1.165, 1.54) is 4.57 Å². The van der Waals surface area contributed by atoms with Crippen LogP contribution in [0.3, 0.4) is 0 Å². The number of nitrogens with one attached hydrogen (secondary N) is 1. The number of aryl methyl sites for hydroxylation is 1. The van der Waals surface area contributed by atoms with Gasteiger partial charge in [0, 0.05) is 23.7 Å². The van der Waals surface area contributed by atoms with Crippen LogP contribution in [0.25, 0.3) is 28.3 Å². The maximum absolute atomic E-state index is 13.9. The lowest BCUT2D eigenvalue weighted by Gasteiger charge is -2.24. The van der Waals surface area contributed by atoms with E-state index >= 15 is 0 Å². The van der Waals surface area contributed by atoms with Gasteiger partial charge in [-0.1, -0.05) is 76.6 Å². The molecule has 0 unspecified atom stereocenters. The standard InChI is InChI=1S/C30H31N7O3/c1-5-8-21-18-37(26-23(28(38)39)9-6-11-24(26)30(2,3)4)29(40)36(21)17-19-12-14-20(15-13-19)22-10-7-16-31-25(22)27-32-34-35-33-27/h6-7,9-16,18H,5,8,17H2,1-4H3,(H,38,39)(H,32,33,34,35). The van der Waals surface area contributed by atoms with Crippen molar-refractivity contribution in [2.24, 2.45) is 0 Å². The summed E-state index contributed by atoms with van der Waals surface area (Å²) in [4.78, 5) is 30.5. The highest BCUT2D eigenvalue weighted by Gasteiger charge is 2.26. The first-order valence-corrected chi connectivity index (χ1v) is 13.2. The molecule has 0 fully saturated rings. The number of H-pyrrole nitrogens is 1. The van der Waals surface area contributed by atoms with Gasteiger partial charge in [0.2, 0.25) is 5.82 Å². The number of hydrogen-bond donors (Lipinski definition) is 2. The van der Waals surface area contributed by atoms with Crippen LogP contribution in [0.2, 0.25) is 0 Å². The van der Waals surface area contributed by atoms with Gasteiger partial charge in [-0.05, 0) is 45.9 Å². The summed E-state index contributed by atoms with van der Waals surface area (Å²) in [6.07, 6.45) is 5.01. The third-order valence-electron chi connectivity index (χ3n) is 6.85. The Kier molecular flexibility index (Phi) is 7.17. The number of carboxylic acid groups (broad SMARTS) is 1. The first kappa shape index (κ1) is 26.7. The van der Waals surface area contributed by atoms with Crippen LogP contribution in [0.1, 0.15) is 61.3 Å². The number of aromatic amines is 1. The quantitative estimate of drug-likeness (QED) is 0.288. The Labute approximate surface area is 231 Å². The summed E-state index contributed by atoms with van der Waals surface area (Å²) in [5.74, 6) is -0.656. The number of pyridine rings is 1. The zero-order chi connectivity index (χ0) is 28.4. The first-order chi connectivity index (χ1) is 19.2. The molecule has 3 heterocycles. The molecular weight excluding hydrogens is 506 g/mol. The molecule has 2 aromatic carbocycles. The lowest BCUT2D eigenvalue weighted by molar-refractivity contribution is 0.0696. The summed E-state index contributed by atoms with van der Waals surface area (Å²) >= 11 is 0. The molecule has 10 nitrogen and oxygen atoms in total. The van der Waals surface area contributed by atoms with Crippen molar-refractivity contribution in [1.29, 1.82) is 0 Å². The number of benzene rings is 2. The van der Waals surface area contributed by atoms with Crippen molar-refractivity contribution in [2.75, 3.05) is 0 Å². The molecule has 2 N–H and O–H groups in total. The Morgan fingerprint density at radius 2 is 1.82 bits per heavy atom. The van der Waals surface area contributed by atoms with E-state index < -0.39 is 5.97 Å². The van der Waals surface area contributed by atoms with Crippen LogP contribution >= 0.6 is 0 Å². The largest absolute Gasteiger partial charge is 0.478 e. The topological polar surface area (TPSA) is 132 Å². The molecular formula is C30H31N7O3. The number of tetrazole rings is 1. The minimum absolute atomic E-state index is 0.105. The SMILES string of the molecule is CCCc1cn(-c2c(C(=O)O)cccc2C(C)(C)C)c(=O)n1Cc1ccc(-c2cccnc2-c2nn[nH]n2)cc1. The second-order valence-corrected chi connectivity index (χ2v) is 10.7. The molecule has 0 bridgehead atoms. The molecule has 3 aromatic heterocycles. The van der Waals surface area contributed by atoms with E-state index in [0.717, 1.165) is 34.4 Å². The highest BCUT2D eigenvalue weighted by molar-refractivity contribution is 5.92. The van der Waals surface area contributed by atoms with Gasteiger partial charge < -0.3 is 5.11 Å². The minimum Gasteiger partial charge on any atom is -0.478 e. The number of aromatic carboxylic acids is 1. The van der Waals surface area contributed by atoms with Gasteiger partial charge in [-0.25, -0.2) is 9.59 Å². The van der Waals surface area contributed by atoms with Gasteiger partial charge in [-0.3, -0.25) is 14.1 Å². The van der Waals surface area contributed by atoms with Crippen LogP contribution in [0.4, 0.5) is 0 Å². The van der Waals surface area contributed by atoms with Gasteiger partial charge in [0.05, 0.1) is 17.8 Å². The number of hydrogen-bond acceptors (Lipinski definition) is 6. The summed E-state index contributed by atoms with van der Waals surface area (Å²) in [7, 11) is 0. The van der Waals surface area contributed by atoms with E-state index in [-0.39, 0.29) is 16.7 Å². The van der Waals surface area contributed by atoms with Crippen molar-refractivity contribution in [3.63, 3.8) is 0 Å². The Bertz CT molecular complexity index is 1710. The number of carboxylic acids is 1. The van der Waals surface area contributed by atoms with Crippen molar-refractivity contribution in [3.8, 4) is 28.3 Å². The van der Waals surface area contributed by atoms with Gasteiger partial charge in [0.1, 0.15) is 5.69 Å². The number of aromatic nitrogens is 7. The molecule has 0 saturated carbocycles. The van der Waals surface area contributed by atoms with Crippen LogP contribution < -0.4 is 5.69 Å². The fourth-order valence-electron chi connectivity index (χ4n) is 4.94. The van der Waals surface area contributed by atoms with Crippen LogP contribution in [-0.4, -0.2) is 45.8 Å². The molecule has 0 radical (unpaired) electrons. The van der Waals surface area contributed by atoms with Gasteiger partial charge in [0.25, 0.3) is 0 Å². The van der Waals surface area contributed by atoms with Gasteiger partial charge in [-0.2, -0.15) is 5.21 Å². The fraction of sp³-hybridized carbons (Fsp3) is 0.267. The average molecular weight is 538 g/mol. The van der Waals surface area contributed by atoms with Crippen LogP contribution in [-0.2, 0) is 18.4 Å². The number of para-hydroxylation sites is 1. The number of imidazole rings is 1. The molecule has 0 aliphatic carbocycles. The van der Waals surface area contributed by atoms with Crippen molar-refractivity contribution < 1.29 is 9.90 Å². The van der Waals surface area contributed by atoms with Gasteiger partial charge in [-0.15, -0.1) is 10.2 Å². The summed E-state index contributed by atoms with van der Waals surface area (Å²) in [6, 6.07) is 16.9. The fourth-order valence-corrected chi connectivity index (χ4v) is 4.94. The van der Waals surface area contributed by atoms with E-state index in [2.05, 4.69) is 32.5 Å². The monoisotopic (exact) mass is 537 g/mol. The number of nitrogens with zero attached hydrogens (tertiary/aromatic N) is 6. The van der Waals surface area contributed by atoms with Crippen molar-refractivity contribution in [2.45, 2.75) is 52.5 Å². The van der Waals surface area contributed by atoms with Crippen LogP contribution in [0, 0.1) is 0 Å². The highest BCUT2D eigenvalue weighted by atomic mass is 16.4. The van der Waals surface area contributed by atoms with Crippen molar-refractivity contribution >= 4 is 5.97 Å². The van der Waals surface area contributed by atoms with Crippen LogP contribution in [0.5, 0.6) is 0 Å². The maximum atomic E-state index is 13.9. The number of rotatable bonds is 8. The molecule has 0 atom stereocenters. The third-order valence-corrected chi connectivity index (χ3v) is 6.85. The normalized spacial score (nSPS) is 11.6. The van der Waals surface area contributed by atoms with E-state index in [4.69, 9.17) is 0 Å². The third kappa shape index (κ3) is 5.07. The van der Waals surface area contributed by atoms with E-state index in [0.29, 0.717) is 30.2 Å². The molecule has 5 rings (SSSR count). The minimum atomic E-state index is -1.07. The van der Waals surface area contributed by atoms with E-state index in [9.17, 15) is 14.7 Å². The van der Waals surface area contributed by atoms with Crippen molar-refractivity contribution in [3.05, 3.63) is 99.9 Å². The lowest BCUT2D eigenvalue weighted by Crippen LogP contribution is -2.28. The number of carbonyl (C=O) groups is 1. The Morgan fingerprint density at radius 3 is 2.48 bits per heavy atom. The summed E-state index contributed by atoms with van der Waals surface area (Å²) in [6.45, 7) is 8.45. The molecule has 204 valence electrons. The zero-order valence-electron chi connectivity index (χ0n) is 22.9. The van der Waals surface area contributed by atoms with Crippen molar-refractivity contribution in [1.82, 2.24) is 34.7 Å². The lowest BCUT2D eigenvalue weighted by atomic mass is 9.84. The summed E-state index contributed by atoms with van der Waals surface area (Å²) in [5.41, 5.74) is 4.90. The van der Waals surface area contributed by atoms with E-state index in [1.807, 2.05) is 63.2 Å². The highest BCUT2D eigenvalue weighted by Crippen LogP contribution is 2.31. The summed E-state index contributed by atoms with van der Waals surface area (Å²) < 4.78 is 3.24. The molecule has 0 aliphatic rings. The molecule has 0 amide bonds. The van der Waals surface area contributed by atoms with E-state index in [1.54, 1.807) is 29.1 Å². The molecule has 5 aromatic rings. The molecule has 0 spiro atoms. The van der Waals surface area contributed by atoms with Crippen LogP contribution in [0.15, 0.2) is 71.8 Å². The Hall–Kier alpha value is -4.86. The Balaban J connectivity index is 1.55. The maximum Gasteiger partial charge on any atom is 0.337 e. The van der Waals surface area contributed by atoms with Gasteiger partial charge >= 0.3 is 11.7 Å². The first-order valence-electron chi connectivity index (χ1n) is 13.2. The second kappa shape index (κ2) is 10.7. The summed E-state index contributed by atoms with van der Waals surface area (Å²) in [5, 5.41) is 24.2. The predicted octanol–water partition coefficient (Wildman–Crippen LogP) is 4.88. The predicted molar refractivity (Wildman–Crippen MR) is 152 cm³/mol. The molecule has 10 heteroatoms. The second-order valence-electron chi connectivity index (χ2n) is 10.7. The van der Waals surface area contributed by atoms with Gasteiger partial charge in [0.15, 0.2) is 0 Å².